The molecule has 4 rings (SSSR count). The highest BCUT2D eigenvalue weighted by Crippen LogP contribution is 2.49. The molecule has 0 aliphatic carbocycles. The van der Waals surface area contributed by atoms with Crippen molar-refractivity contribution in [3.63, 3.8) is 0 Å². The van der Waals surface area contributed by atoms with Crippen LogP contribution in [0.4, 0.5) is 11.4 Å². The van der Waals surface area contributed by atoms with Crippen LogP contribution in [0.5, 0.6) is 0 Å². The Morgan fingerprint density at radius 3 is 2.84 bits per heavy atom. The lowest BCUT2D eigenvalue weighted by molar-refractivity contribution is 0.310. The lowest BCUT2D eigenvalue weighted by Gasteiger charge is -2.35. The van der Waals surface area contributed by atoms with E-state index in [0.717, 1.165) is 12.5 Å². The molecule has 1 fully saturated rings. The van der Waals surface area contributed by atoms with Crippen molar-refractivity contribution >= 4 is 34.9 Å². The van der Waals surface area contributed by atoms with Crippen LogP contribution in [-0.2, 0) is 0 Å². The Hall–Kier alpha value is -1.10. The third-order valence-corrected chi connectivity index (χ3v) is 7.15. The summed E-state index contributed by atoms with van der Waals surface area (Å²) in [6.45, 7) is 4.64. The number of thioether (sulfide) groups is 1. The second-order valence-electron chi connectivity index (χ2n) is 7.12. The van der Waals surface area contributed by atoms with E-state index in [-0.39, 0.29) is 0 Å². The molecule has 2 aliphatic rings. The van der Waals surface area contributed by atoms with E-state index < -0.39 is 0 Å². The van der Waals surface area contributed by atoms with Crippen molar-refractivity contribution in [3.8, 4) is 0 Å². The van der Waals surface area contributed by atoms with Gasteiger partial charge in [0.2, 0.25) is 0 Å². The second-order valence-corrected chi connectivity index (χ2v) is 9.09. The second kappa shape index (κ2) is 7.65. The van der Waals surface area contributed by atoms with Crippen LogP contribution in [0.2, 0.25) is 0 Å². The van der Waals surface area contributed by atoms with Gasteiger partial charge < -0.3 is 10.2 Å². The lowest BCUT2D eigenvalue weighted by Crippen LogP contribution is -2.39. The fourth-order valence-electron chi connectivity index (χ4n) is 3.90. The molecule has 2 unspecified atom stereocenters. The Bertz CT molecular complexity index is 746. The average Bonchev–Trinajstić information content (AvgIpc) is 2.65. The van der Waals surface area contributed by atoms with E-state index in [1.165, 1.54) is 51.9 Å². The highest BCUT2D eigenvalue weighted by Gasteiger charge is 2.25. The van der Waals surface area contributed by atoms with Crippen LogP contribution in [0.3, 0.4) is 0 Å². The number of nitrogens with zero attached hydrogens (tertiary/aromatic N) is 1. The molecule has 0 spiro atoms. The van der Waals surface area contributed by atoms with Crippen LogP contribution in [0.15, 0.2) is 57.2 Å². The van der Waals surface area contributed by atoms with Gasteiger partial charge in [-0.1, -0.05) is 30.8 Å². The number of hydrogen-bond acceptors (Lipinski definition) is 4. The quantitative estimate of drug-likeness (QED) is 0.685. The molecule has 4 heteroatoms. The third kappa shape index (κ3) is 3.71. The molecule has 0 bridgehead atoms. The maximum absolute atomic E-state index is 3.72. The van der Waals surface area contributed by atoms with Crippen LogP contribution in [0, 0.1) is 5.92 Å². The van der Waals surface area contributed by atoms with Crippen LogP contribution in [-0.4, -0.2) is 25.4 Å². The summed E-state index contributed by atoms with van der Waals surface area (Å²) in [5, 5.41) is 3.72. The molecule has 1 N–H and O–H groups in total. The molecule has 25 heavy (non-hydrogen) atoms. The van der Waals surface area contributed by atoms with E-state index in [4.69, 9.17) is 0 Å². The number of fused-ring (bicyclic) bond motifs is 2. The molecular formula is C21H26N2S2. The summed E-state index contributed by atoms with van der Waals surface area (Å²) in [6.07, 6.45) is 5.98. The van der Waals surface area contributed by atoms with Gasteiger partial charge in [0.05, 0.1) is 11.4 Å². The summed E-state index contributed by atoms with van der Waals surface area (Å²) < 4.78 is 0. The number of piperidine rings is 1. The van der Waals surface area contributed by atoms with Gasteiger partial charge in [-0.2, -0.15) is 0 Å². The number of para-hydroxylation sites is 1. The van der Waals surface area contributed by atoms with Crippen molar-refractivity contribution in [3.05, 3.63) is 42.5 Å². The lowest BCUT2D eigenvalue weighted by atomic mass is 9.92. The molecule has 132 valence electrons. The molecule has 2 nitrogen and oxygen atoms in total. The predicted molar refractivity (Wildman–Crippen MR) is 111 cm³/mol. The molecule has 2 atom stereocenters. The first kappa shape index (κ1) is 17.3. The first-order chi connectivity index (χ1) is 12.2. The van der Waals surface area contributed by atoms with Gasteiger partial charge in [-0.15, -0.1) is 11.8 Å². The summed E-state index contributed by atoms with van der Waals surface area (Å²) in [5.41, 5.74) is 2.74. The van der Waals surface area contributed by atoms with Crippen LogP contribution < -0.4 is 10.2 Å². The zero-order valence-electron chi connectivity index (χ0n) is 15.0. The molecule has 2 aromatic carbocycles. The molecule has 0 radical (unpaired) electrons. The maximum atomic E-state index is 3.72. The normalized spacial score (nSPS) is 22.4. The summed E-state index contributed by atoms with van der Waals surface area (Å²) in [7, 11) is 0. The minimum absolute atomic E-state index is 0.651. The standard InChI is InChI=1S/C21H26N2S2/c1-15-9-11-22-16(13-15)10-12-23-18-5-3-4-6-20(18)25-21-8-7-17(24-2)14-19(21)23/h3-8,14-16,22H,9-13H2,1-2H3. The molecule has 2 heterocycles. The van der Waals surface area contributed by atoms with Gasteiger partial charge in [-0.25, -0.2) is 0 Å². The molecule has 0 aromatic heterocycles. The summed E-state index contributed by atoms with van der Waals surface area (Å²) in [5.74, 6) is 0.853. The Morgan fingerprint density at radius 1 is 1.16 bits per heavy atom. The van der Waals surface area contributed by atoms with Crippen molar-refractivity contribution < 1.29 is 0 Å². The minimum Gasteiger partial charge on any atom is -0.340 e. The zero-order chi connectivity index (χ0) is 17.2. The third-order valence-electron chi connectivity index (χ3n) is 5.29. The predicted octanol–water partition coefficient (Wildman–Crippen LogP) is 5.79. The van der Waals surface area contributed by atoms with Gasteiger partial charge in [-0.3, -0.25) is 0 Å². The van der Waals surface area contributed by atoms with E-state index in [9.17, 15) is 0 Å². The van der Waals surface area contributed by atoms with Gasteiger partial charge >= 0.3 is 0 Å². The Morgan fingerprint density at radius 2 is 2.00 bits per heavy atom. The fourth-order valence-corrected chi connectivity index (χ4v) is 5.41. The average molecular weight is 371 g/mol. The van der Waals surface area contributed by atoms with Gasteiger partial charge in [0.1, 0.15) is 0 Å². The molecule has 2 aliphatic heterocycles. The van der Waals surface area contributed by atoms with Crippen molar-refractivity contribution in [1.29, 1.82) is 0 Å². The van der Waals surface area contributed by atoms with Crippen molar-refractivity contribution in [2.75, 3.05) is 24.2 Å². The Kier molecular flexibility index (Phi) is 5.30. The number of rotatable bonds is 4. The zero-order valence-corrected chi connectivity index (χ0v) is 16.6. The molecule has 0 saturated carbocycles. The monoisotopic (exact) mass is 370 g/mol. The van der Waals surface area contributed by atoms with E-state index in [1.807, 2.05) is 23.5 Å². The highest BCUT2D eigenvalue weighted by atomic mass is 32.2. The molecule has 2 aromatic rings. The highest BCUT2D eigenvalue weighted by molar-refractivity contribution is 8.00. The Balaban J connectivity index is 1.61. The van der Waals surface area contributed by atoms with Gasteiger partial charge in [0.25, 0.3) is 0 Å². The SMILES string of the molecule is CSc1ccc2c(c1)N(CCC1CC(C)CCN1)c1ccccc1S2. The summed E-state index contributed by atoms with van der Waals surface area (Å²) in [4.78, 5) is 6.63. The van der Waals surface area contributed by atoms with E-state index in [1.54, 1.807) is 0 Å². The van der Waals surface area contributed by atoms with Crippen molar-refractivity contribution in [2.45, 2.75) is 46.9 Å². The van der Waals surface area contributed by atoms with Crippen LogP contribution >= 0.6 is 23.5 Å². The van der Waals surface area contributed by atoms with Crippen molar-refractivity contribution in [1.82, 2.24) is 5.32 Å². The van der Waals surface area contributed by atoms with Gasteiger partial charge in [0.15, 0.2) is 0 Å². The molecule has 0 amide bonds. The fraction of sp³-hybridized carbons (Fsp3) is 0.429. The van der Waals surface area contributed by atoms with Gasteiger partial charge in [0, 0.05) is 27.3 Å². The minimum atomic E-state index is 0.651. The van der Waals surface area contributed by atoms with E-state index in [2.05, 4.69) is 65.9 Å². The van der Waals surface area contributed by atoms with Crippen LogP contribution in [0.1, 0.15) is 26.2 Å². The van der Waals surface area contributed by atoms with Crippen molar-refractivity contribution in [2.24, 2.45) is 5.92 Å². The van der Waals surface area contributed by atoms with Gasteiger partial charge in [-0.05, 0) is 68.3 Å². The largest absolute Gasteiger partial charge is 0.340 e. The molecular weight excluding hydrogens is 344 g/mol. The number of hydrogen-bond donors (Lipinski definition) is 1. The Labute approximate surface area is 159 Å². The smallest absolute Gasteiger partial charge is 0.0564 e. The van der Waals surface area contributed by atoms with Crippen LogP contribution in [0.25, 0.3) is 0 Å². The number of anilines is 2. The maximum Gasteiger partial charge on any atom is 0.0564 e. The summed E-state index contributed by atoms with van der Waals surface area (Å²) >= 11 is 3.72. The number of nitrogens with one attached hydrogen (secondary N) is 1. The first-order valence-electron chi connectivity index (χ1n) is 9.20. The van der Waals surface area contributed by atoms with E-state index in [0.29, 0.717) is 6.04 Å². The van der Waals surface area contributed by atoms with E-state index >= 15 is 0 Å². The summed E-state index contributed by atoms with van der Waals surface area (Å²) in [6, 6.07) is 16.4. The first-order valence-corrected chi connectivity index (χ1v) is 11.2. The number of benzene rings is 2. The topological polar surface area (TPSA) is 15.3 Å². The molecule has 1 saturated heterocycles.